The van der Waals surface area contributed by atoms with Crippen molar-refractivity contribution in [3.63, 3.8) is 0 Å². The summed E-state index contributed by atoms with van der Waals surface area (Å²) in [5.41, 5.74) is 4.53. The van der Waals surface area contributed by atoms with Crippen molar-refractivity contribution >= 4 is 11.3 Å². The maximum atomic E-state index is 2.72. The Kier molecular flexibility index (Phi) is 10.9. The Bertz CT molecular complexity index is 1870. The van der Waals surface area contributed by atoms with Crippen LogP contribution in [0, 0.1) is 142 Å². The van der Waals surface area contributed by atoms with Gasteiger partial charge in [0.2, 0.25) is 0 Å². The smallest absolute Gasteiger partial charge is 0.0117 e. The summed E-state index contributed by atoms with van der Waals surface area (Å²) in [6.07, 6.45) is 58.2. The predicted octanol–water partition coefficient (Wildman–Crippen LogP) is 19.1. The minimum atomic E-state index is 0.914. The lowest BCUT2D eigenvalue weighted by Crippen LogP contribution is -2.52. The highest BCUT2D eigenvalue weighted by molar-refractivity contribution is 7.12. The van der Waals surface area contributed by atoms with E-state index < -0.39 is 0 Å². The number of hydrogen-bond acceptors (Lipinski definition) is 1. The van der Waals surface area contributed by atoms with Crippen LogP contribution in [0.5, 0.6) is 0 Å². The molecule has 378 valence electrons. The lowest BCUT2D eigenvalue weighted by Gasteiger charge is -2.61. The molecule has 69 heavy (non-hydrogen) atoms. The SMILES string of the molecule is C1CC2CCC3CC(c4sc(C5CC6CCC7CCCC8CCC(C5)C6C78)c(C5CCC6CCC7CCCC8CCC5C6C78)c4C4CCC5CCC6CCCC7CCC4C5C67)CC4CCC(C1)C2C34. The van der Waals surface area contributed by atoms with Crippen LogP contribution in [-0.4, -0.2) is 0 Å². The van der Waals surface area contributed by atoms with Gasteiger partial charge in [0.1, 0.15) is 0 Å². The van der Waals surface area contributed by atoms with E-state index in [0.717, 1.165) is 166 Å². The summed E-state index contributed by atoms with van der Waals surface area (Å²) in [5, 5.41) is 0. The maximum Gasteiger partial charge on any atom is 0.0117 e. The van der Waals surface area contributed by atoms with E-state index in [4.69, 9.17) is 0 Å². The van der Waals surface area contributed by atoms with E-state index >= 15 is 0 Å². The zero-order chi connectivity index (χ0) is 44.6. The Morgan fingerprint density at radius 2 is 0.449 bits per heavy atom. The normalized spacial score (nSPS) is 57.5. The highest BCUT2D eigenvalue weighted by Crippen LogP contribution is 2.71. The molecule has 0 bridgehead atoms. The van der Waals surface area contributed by atoms with Crippen molar-refractivity contribution in [1.82, 2.24) is 0 Å². The van der Waals surface area contributed by atoms with Gasteiger partial charge in [0, 0.05) is 9.75 Å². The van der Waals surface area contributed by atoms with Crippen molar-refractivity contribution in [2.75, 3.05) is 0 Å². The van der Waals surface area contributed by atoms with Crippen LogP contribution in [0.4, 0.5) is 0 Å². The summed E-state index contributed by atoms with van der Waals surface area (Å²) >= 11 is 2.72. The lowest BCUT2D eigenvalue weighted by molar-refractivity contribution is -0.0877. The standard InChI is InChI=1S/C68H100S/c1-5-37-17-21-47-33-51(34-48-22-18-38(6-1)57(37)61(47)48)67-65(55-31-27-45-15-13-41-9-3-11-43-25-29-53(55)63(45)59(41)43)66(56-32-28-46-16-14-42-10-4-12-44-26-30-54(56)64(46)60(42)44)68(69-67)52-35-49-23-19-39-7-2-8-40-20-24-50(36-52)62(49)58(39)40/h37-64H,1-36H2. The second kappa shape index (κ2) is 17.1. The summed E-state index contributed by atoms with van der Waals surface area (Å²) in [6.45, 7) is 0. The van der Waals surface area contributed by atoms with Gasteiger partial charge in [0.15, 0.2) is 0 Å². The van der Waals surface area contributed by atoms with E-state index in [2.05, 4.69) is 32.2 Å². The van der Waals surface area contributed by atoms with Crippen LogP contribution in [-0.2, 0) is 0 Å². The van der Waals surface area contributed by atoms with E-state index in [1.807, 2.05) is 0 Å². The highest BCUT2D eigenvalue weighted by Gasteiger charge is 2.60. The number of rotatable bonds is 4. The topological polar surface area (TPSA) is 0 Å². The molecule has 16 aliphatic carbocycles. The quantitative estimate of drug-likeness (QED) is 0.282. The molecule has 1 aromatic rings. The molecule has 0 saturated heterocycles. The Balaban J connectivity index is 0.823. The van der Waals surface area contributed by atoms with Gasteiger partial charge in [0.25, 0.3) is 0 Å². The van der Waals surface area contributed by atoms with Crippen LogP contribution in [0.2, 0.25) is 0 Å². The van der Waals surface area contributed by atoms with Gasteiger partial charge in [-0.25, -0.2) is 0 Å². The molecule has 1 aromatic heterocycles. The molecular formula is C68H100S. The van der Waals surface area contributed by atoms with Crippen LogP contribution < -0.4 is 0 Å². The number of hydrogen-bond donors (Lipinski definition) is 0. The Hall–Kier alpha value is -0.300. The van der Waals surface area contributed by atoms with Crippen molar-refractivity contribution in [1.29, 1.82) is 0 Å². The van der Waals surface area contributed by atoms with Gasteiger partial charge >= 0.3 is 0 Å². The van der Waals surface area contributed by atoms with Gasteiger partial charge in [-0.05, 0) is 331 Å². The van der Waals surface area contributed by atoms with Gasteiger partial charge in [-0.1, -0.05) is 77.0 Å². The average Bonchev–Trinajstić information content (AvgIpc) is 3.80. The molecule has 16 aliphatic rings. The largest absolute Gasteiger partial charge is 0.144 e. The van der Waals surface area contributed by atoms with Gasteiger partial charge in [-0.15, -0.1) is 11.3 Å². The summed E-state index contributed by atoms with van der Waals surface area (Å²) in [5.74, 6) is 30.1. The minimum Gasteiger partial charge on any atom is -0.144 e. The fourth-order valence-electron chi connectivity index (χ4n) is 28.3. The molecule has 0 aliphatic heterocycles. The summed E-state index contributed by atoms with van der Waals surface area (Å²) in [4.78, 5) is 4.37. The molecule has 22 atom stereocenters. The van der Waals surface area contributed by atoms with Crippen molar-refractivity contribution in [2.45, 2.75) is 255 Å². The third kappa shape index (κ3) is 6.65. The van der Waals surface area contributed by atoms with E-state index in [1.54, 1.807) is 231 Å². The van der Waals surface area contributed by atoms with Gasteiger partial charge in [0.05, 0.1) is 0 Å². The molecule has 0 radical (unpaired) electrons. The highest BCUT2D eigenvalue weighted by atomic mass is 32.1. The first-order chi connectivity index (χ1) is 34.2. The van der Waals surface area contributed by atoms with Crippen LogP contribution in [0.1, 0.15) is 276 Å². The monoisotopic (exact) mass is 949 g/mol. The first-order valence-electron chi connectivity index (χ1n) is 33.3. The Morgan fingerprint density at radius 1 is 0.217 bits per heavy atom. The zero-order valence-electron chi connectivity index (χ0n) is 44.0. The van der Waals surface area contributed by atoms with Crippen LogP contribution in [0.3, 0.4) is 0 Å². The second-order valence-corrected chi connectivity index (χ2v) is 32.4. The molecule has 0 amide bonds. The van der Waals surface area contributed by atoms with Crippen LogP contribution in [0.25, 0.3) is 0 Å². The van der Waals surface area contributed by atoms with Crippen LogP contribution in [0.15, 0.2) is 0 Å². The van der Waals surface area contributed by atoms with Crippen molar-refractivity contribution in [3.8, 4) is 0 Å². The summed E-state index contributed by atoms with van der Waals surface area (Å²) in [7, 11) is 0. The predicted molar refractivity (Wildman–Crippen MR) is 285 cm³/mol. The minimum absolute atomic E-state index is 0.914. The van der Waals surface area contributed by atoms with Gasteiger partial charge in [-0.3, -0.25) is 0 Å². The molecule has 0 nitrogen and oxygen atoms in total. The van der Waals surface area contributed by atoms with E-state index in [1.165, 1.54) is 0 Å². The van der Waals surface area contributed by atoms with E-state index in [-0.39, 0.29) is 0 Å². The molecule has 16 fully saturated rings. The van der Waals surface area contributed by atoms with Crippen LogP contribution >= 0.6 is 11.3 Å². The summed E-state index contributed by atoms with van der Waals surface area (Å²) < 4.78 is 0. The molecule has 0 N–H and O–H groups in total. The number of thiophene rings is 1. The molecule has 1 heterocycles. The van der Waals surface area contributed by atoms with E-state index in [0.29, 0.717) is 0 Å². The Morgan fingerprint density at radius 3 is 0.768 bits per heavy atom. The molecular weight excluding hydrogens is 849 g/mol. The van der Waals surface area contributed by atoms with Gasteiger partial charge < -0.3 is 0 Å². The third-order valence-electron chi connectivity index (χ3n) is 29.8. The second-order valence-electron chi connectivity index (χ2n) is 31.3. The maximum absolute atomic E-state index is 2.72. The molecule has 22 unspecified atom stereocenters. The van der Waals surface area contributed by atoms with Gasteiger partial charge in [-0.2, -0.15) is 0 Å². The molecule has 0 spiro atoms. The zero-order valence-corrected chi connectivity index (χ0v) is 44.8. The first-order valence-corrected chi connectivity index (χ1v) is 34.2. The Labute approximate surface area is 426 Å². The molecule has 17 rings (SSSR count). The fraction of sp³-hybridized carbons (Fsp3) is 0.941. The van der Waals surface area contributed by atoms with E-state index in [9.17, 15) is 0 Å². The molecule has 0 aromatic carbocycles. The first kappa shape index (κ1) is 43.9. The lowest BCUT2D eigenvalue weighted by atomic mass is 9.44. The average molecular weight is 950 g/mol. The van der Waals surface area contributed by atoms with Crippen molar-refractivity contribution < 1.29 is 0 Å². The molecule has 1 heteroatoms. The molecule has 16 saturated carbocycles. The third-order valence-corrected chi connectivity index (χ3v) is 31.3. The fourth-order valence-corrected chi connectivity index (χ4v) is 30.0. The van der Waals surface area contributed by atoms with Crippen molar-refractivity contribution in [3.05, 3.63) is 20.9 Å². The van der Waals surface area contributed by atoms with Crippen molar-refractivity contribution in [2.24, 2.45) is 142 Å². The summed E-state index contributed by atoms with van der Waals surface area (Å²) in [6, 6.07) is 0.